The fraction of sp³-hybridized carbons (Fsp3) is 0.429. The Morgan fingerprint density at radius 3 is 2.76 bits per heavy atom. The highest BCUT2D eigenvalue weighted by Gasteiger charge is 2.28. The Hall–Kier alpha value is -1.95. The van der Waals surface area contributed by atoms with E-state index in [9.17, 15) is 9.59 Å². The van der Waals surface area contributed by atoms with Gasteiger partial charge in [-0.05, 0) is 25.0 Å². The first-order valence-electron chi connectivity index (χ1n) is 6.65. The normalized spacial score (nSPS) is 18.4. The fourth-order valence-corrected chi connectivity index (χ4v) is 2.97. The van der Waals surface area contributed by atoms with Gasteiger partial charge in [-0.1, -0.05) is 11.6 Å². The number of hydrogen-bond donors (Lipinski definition) is 2. The Balaban J connectivity index is 2.42. The average molecular weight is 312 g/mol. The van der Waals surface area contributed by atoms with Crippen molar-refractivity contribution in [2.45, 2.75) is 12.8 Å². The van der Waals surface area contributed by atoms with Gasteiger partial charge in [-0.25, -0.2) is 4.79 Å². The van der Waals surface area contributed by atoms with Crippen molar-refractivity contribution in [1.29, 1.82) is 0 Å². The molecule has 0 radical (unpaired) electrons. The smallest absolute Gasteiger partial charge is 0.340 e. The van der Waals surface area contributed by atoms with Crippen molar-refractivity contribution in [3.8, 4) is 0 Å². The minimum atomic E-state index is -0.514. The lowest BCUT2D eigenvalue weighted by Crippen LogP contribution is -2.41. The quantitative estimate of drug-likeness (QED) is 0.649. The zero-order valence-corrected chi connectivity index (χ0v) is 12.5. The summed E-state index contributed by atoms with van der Waals surface area (Å²) in [6.45, 7) is 1.13. The predicted octanol–water partition coefficient (Wildman–Crippen LogP) is 1.41. The number of nitrogens with two attached hydrogens (primary N) is 2. The standard InChI is InChI=1S/C14H18ClN3O3/c1-21-14(20)10-5-9(16)6-11(15)12(10)18-4-2-3-8(7-18)13(17)19/h5-6,8H,2-4,7,16H2,1H3,(H2,17,19). The van der Waals surface area contributed by atoms with Crippen molar-refractivity contribution in [2.75, 3.05) is 30.8 Å². The molecule has 1 aliphatic rings. The number of benzene rings is 1. The number of nitrogens with zero attached hydrogens (tertiary/aromatic N) is 1. The van der Waals surface area contributed by atoms with Crippen LogP contribution in [-0.4, -0.2) is 32.1 Å². The molecular weight excluding hydrogens is 294 g/mol. The summed E-state index contributed by atoms with van der Waals surface area (Å²) in [4.78, 5) is 25.2. The number of halogens is 1. The van der Waals surface area contributed by atoms with Gasteiger partial charge in [-0.15, -0.1) is 0 Å². The molecule has 1 aromatic rings. The van der Waals surface area contributed by atoms with Gasteiger partial charge in [0, 0.05) is 18.8 Å². The molecule has 1 saturated heterocycles. The minimum Gasteiger partial charge on any atom is -0.465 e. The van der Waals surface area contributed by atoms with E-state index in [4.69, 9.17) is 27.8 Å². The summed E-state index contributed by atoms with van der Waals surface area (Å²) in [5.41, 5.74) is 12.4. The summed E-state index contributed by atoms with van der Waals surface area (Å²) in [6.07, 6.45) is 1.54. The number of ether oxygens (including phenoxy) is 1. The molecular formula is C14H18ClN3O3. The molecule has 0 saturated carbocycles. The number of piperidine rings is 1. The highest BCUT2D eigenvalue weighted by molar-refractivity contribution is 6.34. The molecule has 1 aromatic carbocycles. The summed E-state index contributed by atoms with van der Waals surface area (Å²) < 4.78 is 4.78. The molecule has 0 spiro atoms. The maximum absolute atomic E-state index is 11.9. The van der Waals surface area contributed by atoms with Gasteiger partial charge in [-0.2, -0.15) is 0 Å². The van der Waals surface area contributed by atoms with Gasteiger partial charge in [0.2, 0.25) is 5.91 Å². The van der Waals surface area contributed by atoms with Crippen LogP contribution >= 0.6 is 11.6 Å². The van der Waals surface area contributed by atoms with E-state index in [1.807, 2.05) is 4.90 Å². The van der Waals surface area contributed by atoms with E-state index < -0.39 is 5.97 Å². The molecule has 1 amide bonds. The van der Waals surface area contributed by atoms with Gasteiger partial charge >= 0.3 is 5.97 Å². The monoisotopic (exact) mass is 311 g/mol. The van der Waals surface area contributed by atoms with Crippen molar-refractivity contribution in [1.82, 2.24) is 0 Å². The van der Waals surface area contributed by atoms with E-state index in [1.165, 1.54) is 13.2 Å². The van der Waals surface area contributed by atoms with Crippen molar-refractivity contribution >= 4 is 34.9 Å². The lowest BCUT2D eigenvalue weighted by atomic mass is 9.96. The number of amides is 1. The van der Waals surface area contributed by atoms with Crippen molar-refractivity contribution < 1.29 is 14.3 Å². The first-order valence-corrected chi connectivity index (χ1v) is 7.03. The van der Waals surface area contributed by atoms with Crippen LogP contribution < -0.4 is 16.4 Å². The van der Waals surface area contributed by atoms with Crippen LogP contribution in [0.15, 0.2) is 12.1 Å². The molecule has 1 unspecified atom stereocenters. The minimum absolute atomic E-state index is 0.252. The fourth-order valence-electron chi connectivity index (χ4n) is 2.62. The van der Waals surface area contributed by atoms with Crippen molar-refractivity contribution in [3.63, 3.8) is 0 Å². The molecule has 4 N–H and O–H groups in total. The number of esters is 1. The van der Waals surface area contributed by atoms with E-state index in [0.717, 1.165) is 12.8 Å². The third-order valence-corrected chi connectivity index (χ3v) is 3.92. The van der Waals surface area contributed by atoms with Crippen LogP contribution in [0.5, 0.6) is 0 Å². The molecule has 1 fully saturated rings. The van der Waals surface area contributed by atoms with Crippen molar-refractivity contribution in [3.05, 3.63) is 22.7 Å². The number of hydrogen-bond acceptors (Lipinski definition) is 5. The zero-order valence-electron chi connectivity index (χ0n) is 11.8. The number of anilines is 2. The summed E-state index contributed by atoms with van der Waals surface area (Å²) >= 11 is 6.25. The van der Waals surface area contributed by atoms with Gasteiger partial charge in [0.1, 0.15) is 0 Å². The van der Waals surface area contributed by atoms with Gasteiger partial charge in [-0.3, -0.25) is 4.79 Å². The number of primary amides is 1. The summed E-state index contributed by atoms with van der Waals surface area (Å²) in [7, 11) is 1.30. The second kappa shape index (κ2) is 6.22. The lowest BCUT2D eigenvalue weighted by Gasteiger charge is -2.34. The molecule has 114 valence electrons. The third-order valence-electron chi connectivity index (χ3n) is 3.63. The van der Waals surface area contributed by atoms with Crippen LogP contribution in [0.2, 0.25) is 5.02 Å². The number of carbonyl (C=O) groups is 2. The highest BCUT2D eigenvalue weighted by Crippen LogP contribution is 2.35. The molecule has 0 aromatic heterocycles. The van der Waals surface area contributed by atoms with Crippen LogP contribution in [0.25, 0.3) is 0 Å². The summed E-state index contributed by atoms with van der Waals surface area (Å²) in [5.74, 6) is -1.11. The molecule has 1 atom stereocenters. The van der Waals surface area contributed by atoms with E-state index in [1.54, 1.807) is 6.07 Å². The van der Waals surface area contributed by atoms with Gasteiger partial charge in [0.15, 0.2) is 0 Å². The average Bonchev–Trinajstić information content (AvgIpc) is 2.45. The SMILES string of the molecule is COC(=O)c1cc(N)cc(Cl)c1N1CCCC(C(N)=O)C1. The van der Waals surface area contributed by atoms with Crippen LogP contribution in [0.4, 0.5) is 11.4 Å². The van der Waals surface area contributed by atoms with E-state index in [0.29, 0.717) is 35.1 Å². The van der Waals surface area contributed by atoms with E-state index in [2.05, 4.69) is 0 Å². The number of rotatable bonds is 3. The molecule has 0 bridgehead atoms. The van der Waals surface area contributed by atoms with Crippen molar-refractivity contribution in [2.24, 2.45) is 11.7 Å². The Bertz CT molecular complexity index is 577. The summed E-state index contributed by atoms with van der Waals surface area (Å²) in [6, 6.07) is 3.11. The highest BCUT2D eigenvalue weighted by atomic mass is 35.5. The van der Waals surface area contributed by atoms with Gasteiger partial charge in [0.25, 0.3) is 0 Å². The number of methoxy groups -OCH3 is 1. The molecule has 6 nitrogen and oxygen atoms in total. The van der Waals surface area contributed by atoms with Crippen LogP contribution in [0.3, 0.4) is 0 Å². The molecule has 7 heteroatoms. The molecule has 0 aliphatic carbocycles. The van der Waals surface area contributed by atoms with E-state index in [-0.39, 0.29) is 11.8 Å². The first-order chi connectivity index (χ1) is 9.93. The van der Waals surface area contributed by atoms with Gasteiger partial charge in [0.05, 0.1) is 29.3 Å². The molecule has 21 heavy (non-hydrogen) atoms. The van der Waals surface area contributed by atoms with Crippen LogP contribution in [0.1, 0.15) is 23.2 Å². The number of nitrogen functional groups attached to an aromatic ring is 1. The lowest BCUT2D eigenvalue weighted by molar-refractivity contribution is -0.122. The molecule has 2 rings (SSSR count). The Morgan fingerprint density at radius 1 is 1.43 bits per heavy atom. The Morgan fingerprint density at radius 2 is 2.14 bits per heavy atom. The Kier molecular flexibility index (Phi) is 4.57. The first kappa shape index (κ1) is 15.4. The van der Waals surface area contributed by atoms with Crippen LogP contribution in [-0.2, 0) is 9.53 Å². The maximum atomic E-state index is 11.9. The number of carbonyl (C=O) groups excluding carboxylic acids is 2. The zero-order chi connectivity index (χ0) is 15.6. The molecule has 1 heterocycles. The largest absolute Gasteiger partial charge is 0.465 e. The molecule has 1 aliphatic heterocycles. The second-order valence-electron chi connectivity index (χ2n) is 5.08. The van der Waals surface area contributed by atoms with E-state index >= 15 is 0 Å². The predicted molar refractivity (Wildman–Crippen MR) is 81.3 cm³/mol. The topological polar surface area (TPSA) is 98.7 Å². The Labute approximate surface area is 128 Å². The van der Waals surface area contributed by atoms with Gasteiger partial charge < -0.3 is 21.1 Å². The maximum Gasteiger partial charge on any atom is 0.340 e. The third kappa shape index (κ3) is 3.21. The summed E-state index contributed by atoms with van der Waals surface area (Å²) in [5, 5.41) is 0.362. The second-order valence-corrected chi connectivity index (χ2v) is 5.49. The van der Waals surface area contributed by atoms with Crippen LogP contribution in [0, 0.1) is 5.92 Å².